The summed E-state index contributed by atoms with van der Waals surface area (Å²) < 4.78 is 0. The number of thiazole rings is 1. The van der Waals surface area contributed by atoms with Crippen molar-refractivity contribution in [3.63, 3.8) is 0 Å². The lowest BCUT2D eigenvalue weighted by Gasteiger charge is -2.20. The maximum absolute atomic E-state index is 13.0. The van der Waals surface area contributed by atoms with Gasteiger partial charge in [-0.05, 0) is 36.2 Å². The molecule has 0 bridgehead atoms. The zero-order valence-electron chi connectivity index (χ0n) is 19.9. The number of ketones is 1. The van der Waals surface area contributed by atoms with E-state index in [2.05, 4.69) is 15.6 Å². The number of rotatable bonds is 8. The van der Waals surface area contributed by atoms with Crippen LogP contribution in [0.25, 0.3) is 0 Å². The predicted octanol–water partition coefficient (Wildman–Crippen LogP) is 5.34. The molecule has 0 fully saturated rings. The molecule has 0 saturated carbocycles. The Kier molecular flexibility index (Phi) is 7.56. The van der Waals surface area contributed by atoms with Crippen LogP contribution in [-0.2, 0) is 0 Å². The van der Waals surface area contributed by atoms with Gasteiger partial charge < -0.3 is 16.4 Å². The summed E-state index contributed by atoms with van der Waals surface area (Å²) in [7, 11) is 0. The van der Waals surface area contributed by atoms with E-state index in [-0.39, 0.29) is 23.3 Å². The van der Waals surface area contributed by atoms with Crippen LogP contribution in [0.15, 0.2) is 84.2 Å². The quantitative estimate of drug-likeness (QED) is 0.224. The van der Waals surface area contributed by atoms with Gasteiger partial charge in [-0.25, -0.2) is 4.98 Å². The van der Waals surface area contributed by atoms with E-state index < -0.39 is 11.9 Å². The first-order valence-electron chi connectivity index (χ1n) is 11.5. The molecule has 0 spiro atoms. The molecule has 36 heavy (non-hydrogen) atoms. The van der Waals surface area contributed by atoms with Gasteiger partial charge in [0.1, 0.15) is 10.7 Å². The molecule has 3 aromatic carbocycles. The molecule has 4 aromatic rings. The van der Waals surface area contributed by atoms with Crippen molar-refractivity contribution in [1.29, 1.82) is 0 Å². The fourth-order valence-electron chi connectivity index (χ4n) is 3.67. The Hall–Kier alpha value is -4.30. The molecule has 0 aliphatic rings. The highest BCUT2D eigenvalue weighted by atomic mass is 32.1. The number of hydrogen-bond donors (Lipinski definition) is 3. The van der Waals surface area contributed by atoms with Crippen LogP contribution in [0.3, 0.4) is 0 Å². The van der Waals surface area contributed by atoms with E-state index in [0.29, 0.717) is 33.1 Å². The third-order valence-corrected chi connectivity index (χ3v) is 6.51. The number of para-hydroxylation sites is 1. The molecule has 0 aliphatic heterocycles. The summed E-state index contributed by atoms with van der Waals surface area (Å²) in [4.78, 5) is 43.3. The first kappa shape index (κ1) is 24.8. The molecule has 0 saturated heterocycles. The molecule has 0 aliphatic carbocycles. The van der Waals surface area contributed by atoms with E-state index >= 15 is 0 Å². The van der Waals surface area contributed by atoms with Gasteiger partial charge in [0.25, 0.3) is 11.8 Å². The molecule has 1 aromatic heterocycles. The Balaban J connectivity index is 1.52. The predicted molar refractivity (Wildman–Crippen MR) is 142 cm³/mol. The van der Waals surface area contributed by atoms with Gasteiger partial charge in [0, 0.05) is 27.8 Å². The van der Waals surface area contributed by atoms with Crippen molar-refractivity contribution in [3.05, 3.63) is 112 Å². The molecular formula is C28H26N4O3S. The zero-order chi connectivity index (χ0) is 25.7. The first-order valence-corrected chi connectivity index (χ1v) is 12.3. The minimum absolute atomic E-state index is 0.0290. The second-order valence-corrected chi connectivity index (χ2v) is 9.48. The van der Waals surface area contributed by atoms with Gasteiger partial charge in [-0.1, -0.05) is 62.4 Å². The van der Waals surface area contributed by atoms with Gasteiger partial charge >= 0.3 is 0 Å². The number of anilines is 2. The zero-order valence-corrected chi connectivity index (χ0v) is 20.7. The molecule has 1 unspecified atom stereocenters. The number of nitrogen functional groups attached to an aromatic ring is 1. The molecule has 1 heterocycles. The second kappa shape index (κ2) is 11.0. The molecule has 1 atom stereocenters. The van der Waals surface area contributed by atoms with Crippen LogP contribution >= 0.6 is 11.3 Å². The fraction of sp³-hybridized carbons (Fsp3) is 0.143. The van der Waals surface area contributed by atoms with Crippen molar-refractivity contribution in [1.82, 2.24) is 10.3 Å². The van der Waals surface area contributed by atoms with Gasteiger partial charge in [0.15, 0.2) is 5.78 Å². The second-order valence-electron chi connectivity index (χ2n) is 8.59. The van der Waals surface area contributed by atoms with Crippen molar-refractivity contribution in [2.75, 3.05) is 11.1 Å². The average molecular weight is 499 g/mol. The van der Waals surface area contributed by atoms with Gasteiger partial charge in [-0.2, -0.15) is 0 Å². The van der Waals surface area contributed by atoms with E-state index in [9.17, 15) is 14.4 Å². The maximum Gasteiger partial charge on any atom is 0.275 e. The smallest absolute Gasteiger partial charge is 0.275 e. The number of nitrogens with zero attached hydrogens (tertiary/aromatic N) is 1. The molecule has 4 N–H and O–H groups in total. The Bertz CT molecular complexity index is 1400. The summed E-state index contributed by atoms with van der Waals surface area (Å²) in [6.45, 7) is 3.94. The van der Waals surface area contributed by atoms with Gasteiger partial charge in [0.05, 0.1) is 11.7 Å². The average Bonchev–Trinajstić information content (AvgIpc) is 3.37. The number of amides is 2. The van der Waals surface area contributed by atoms with Gasteiger partial charge in [0.2, 0.25) is 0 Å². The molecule has 182 valence electrons. The van der Waals surface area contributed by atoms with Crippen molar-refractivity contribution in [2.45, 2.75) is 19.9 Å². The normalized spacial score (nSPS) is 11.6. The lowest BCUT2D eigenvalue weighted by atomic mass is 10.0. The summed E-state index contributed by atoms with van der Waals surface area (Å²) in [5.74, 6) is -0.859. The monoisotopic (exact) mass is 498 g/mol. The minimum atomic E-state index is -0.435. The highest BCUT2D eigenvalue weighted by Crippen LogP contribution is 2.27. The number of hydrogen-bond acceptors (Lipinski definition) is 6. The number of nitrogens with two attached hydrogens (primary N) is 1. The molecule has 4 rings (SSSR count). The van der Waals surface area contributed by atoms with Crippen LogP contribution in [0.4, 0.5) is 11.4 Å². The van der Waals surface area contributed by atoms with E-state index in [1.165, 1.54) is 11.3 Å². The molecule has 0 radical (unpaired) electrons. The Labute approximate surface area is 213 Å². The SMILES string of the molecule is CC(C)C(NC(=O)c1cccc(N)c1)c1nc(C(=O)Nc2ccccc2C(=O)c2ccccc2)cs1. The topological polar surface area (TPSA) is 114 Å². The lowest BCUT2D eigenvalue weighted by molar-refractivity contribution is 0.0925. The Morgan fingerprint density at radius 1 is 0.861 bits per heavy atom. The Morgan fingerprint density at radius 3 is 2.28 bits per heavy atom. The van der Waals surface area contributed by atoms with Crippen LogP contribution in [0, 0.1) is 5.92 Å². The third-order valence-electron chi connectivity index (χ3n) is 5.58. The van der Waals surface area contributed by atoms with Crippen LogP contribution in [-0.4, -0.2) is 22.6 Å². The van der Waals surface area contributed by atoms with Crippen molar-refractivity contribution < 1.29 is 14.4 Å². The maximum atomic E-state index is 13.0. The minimum Gasteiger partial charge on any atom is -0.399 e. The van der Waals surface area contributed by atoms with Crippen LogP contribution in [0.1, 0.15) is 61.7 Å². The number of aromatic nitrogens is 1. The number of nitrogens with one attached hydrogen (secondary N) is 2. The van der Waals surface area contributed by atoms with Crippen molar-refractivity contribution in [3.8, 4) is 0 Å². The van der Waals surface area contributed by atoms with Crippen LogP contribution in [0.5, 0.6) is 0 Å². The van der Waals surface area contributed by atoms with Gasteiger partial charge in [-0.15, -0.1) is 11.3 Å². The largest absolute Gasteiger partial charge is 0.399 e. The first-order chi connectivity index (χ1) is 17.3. The summed E-state index contributed by atoms with van der Waals surface area (Å²) in [6, 6.07) is 22.1. The van der Waals surface area contributed by atoms with Crippen molar-refractivity contribution >= 4 is 40.3 Å². The van der Waals surface area contributed by atoms with Crippen LogP contribution < -0.4 is 16.4 Å². The third kappa shape index (κ3) is 5.67. The number of benzene rings is 3. The van der Waals surface area contributed by atoms with Crippen LogP contribution in [0.2, 0.25) is 0 Å². The number of carbonyl (C=O) groups is 3. The highest BCUT2D eigenvalue weighted by molar-refractivity contribution is 7.10. The fourth-order valence-corrected chi connectivity index (χ4v) is 4.70. The molecule has 2 amide bonds. The summed E-state index contributed by atoms with van der Waals surface area (Å²) in [5, 5.41) is 8.07. The standard InChI is InChI=1S/C28H26N4O3S/c1-17(2)24(32-26(34)19-11-8-12-20(29)15-19)28-31-23(16-36-28)27(35)30-22-14-7-6-13-21(22)25(33)18-9-4-3-5-10-18/h3-17,24H,29H2,1-2H3,(H,30,35)(H,32,34). The summed E-state index contributed by atoms with van der Waals surface area (Å²) in [5.41, 5.74) is 8.30. The van der Waals surface area contributed by atoms with Crippen molar-refractivity contribution in [2.24, 2.45) is 5.92 Å². The number of carbonyl (C=O) groups excluding carboxylic acids is 3. The highest BCUT2D eigenvalue weighted by Gasteiger charge is 2.24. The lowest BCUT2D eigenvalue weighted by Crippen LogP contribution is -2.31. The van der Waals surface area contributed by atoms with E-state index in [1.54, 1.807) is 78.2 Å². The van der Waals surface area contributed by atoms with Gasteiger partial charge in [-0.3, -0.25) is 14.4 Å². The van der Waals surface area contributed by atoms with E-state index in [0.717, 1.165) is 0 Å². The summed E-state index contributed by atoms with van der Waals surface area (Å²) >= 11 is 1.29. The molecule has 8 heteroatoms. The van der Waals surface area contributed by atoms with E-state index in [1.807, 2.05) is 19.9 Å². The molecular weight excluding hydrogens is 472 g/mol. The van der Waals surface area contributed by atoms with E-state index in [4.69, 9.17) is 5.73 Å². The Morgan fingerprint density at radius 2 is 1.56 bits per heavy atom. The summed E-state index contributed by atoms with van der Waals surface area (Å²) in [6.07, 6.45) is 0. The molecule has 7 nitrogen and oxygen atoms in total.